The van der Waals surface area contributed by atoms with Crippen molar-refractivity contribution in [3.8, 4) is 0 Å². The van der Waals surface area contributed by atoms with E-state index in [4.69, 9.17) is 4.74 Å². The van der Waals surface area contributed by atoms with Crippen LogP contribution < -0.4 is 5.56 Å². The van der Waals surface area contributed by atoms with Gasteiger partial charge in [-0.25, -0.2) is 0 Å². The lowest BCUT2D eigenvalue weighted by Crippen LogP contribution is -2.40. The predicted molar refractivity (Wildman–Crippen MR) is 96.4 cm³/mol. The average molecular weight is 338 g/mol. The summed E-state index contributed by atoms with van der Waals surface area (Å²) in [7, 11) is 3.77. The van der Waals surface area contributed by atoms with E-state index in [-0.39, 0.29) is 11.7 Å². The summed E-state index contributed by atoms with van der Waals surface area (Å²) in [5, 5.41) is 5.32. The van der Waals surface area contributed by atoms with Crippen LogP contribution in [0.2, 0.25) is 0 Å². The minimum absolute atomic E-state index is 0.00874. The van der Waals surface area contributed by atoms with Gasteiger partial charge in [0.1, 0.15) is 6.10 Å². The summed E-state index contributed by atoms with van der Waals surface area (Å²) in [5.74, 6) is 0. The van der Waals surface area contributed by atoms with E-state index in [1.165, 1.54) is 0 Å². The number of morpholine rings is 1. The molecule has 6 nitrogen and oxygen atoms in total. The maximum absolute atomic E-state index is 12.7. The normalized spacial score (nSPS) is 18.7. The quantitative estimate of drug-likeness (QED) is 0.731. The van der Waals surface area contributed by atoms with Gasteiger partial charge in [0, 0.05) is 45.5 Å². The van der Waals surface area contributed by atoms with Crippen molar-refractivity contribution < 1.29 is 4.74 Å². The first-order valence-corrected chi connectivity index (χ1v) is 8.53. The Hall–Kier alpha value is -2.44. The summed E-state index contributed by atoms with van der Waals surface area (Å²) >= 11 is 0. The van der Waals surface area contributed by atoms with Crippen LogP contribution >= 0.6 is 0 Å². The molecule has 1 fully saturated rings. The van der Waals surface area contributed by atoms with E-state index >= 15 is 0 Å². The fourth-order valence-corrected chi connectivity index (χ4v) is 3.57. The first-order chi connectivity index (χ1) is 12.1. The van der Waals surface area contributed by atoms with E-state index in [0.29, 0.717) is 13.2 Å². The molecule has 0 amide bonds. The maximum atomic E-state index is 12.7. The summed E-state index contributed by atoms with van der Waals surface area (Å²) < 4.78 is 9.50. The number of hydrogen-bond acceptors (Lipinski definition) is 4. The van der Waals surface area contributed by atoms with Gasteiger partial charge in [-0.2, -0.15) is 5.10 Å². The number of benzene rings is 1. The third kappa shape index (κ3) is 2.99. The Morgan fingerprint density at radius 3 is 2.88 bits per heavy atom. The van der Waals surface area contributed by atoms with Gasteiger partial charge in [0.05, 0.1) is 17.8 Å². The summed E-state index contributed by atoms with van der Waals surface area (Å²) in [5.41, 5.74) is 2.93. The predicted octanol–water partition coefficient (Wildman–Crippen LogP) is 1.85. The number of nitrogens with zero attached hydrogens (tertiary/aromatic N) is 4. The molecule has 1 aliphatic rings. The van der Waals surface area contributed by atoms with Crippen molar-refractivity contribution in [1.29, 1.82) is 0 Å². The molecule has 1 atom stereocenters. The fraction of sp³-hybridized carbons (Fsp3) is 0.368. The number of rotatable bonds is 3. The van der Waals surface area contributed by atoms with Gasteiger partial charge < -0.3 is 9.30 Å². The van der Waals surface area contributed by atoms with Crippen molar-refractivity contribution in [2.75, 3.05) is 19.7 Å². The molecule has 3 heterocycles. The van der Waals surface area contributed by atoms with Crippen LogP contribution in [0.4, 0.5) is 0 Å². The number of fused-ring (bicyclic) bond motifs is 1. The number of para-hydroxylation sites is 1. The largest absolute Gasteiger partial charge is 0.369 e. The second-order valence-electron chi connectivity index (χ2n) is 6.57. The Labute approximate surface area is 146 Å². The zero-order valence-electron chi connectivity index (χ0n) is 14.6. The summed E-state index contributed by atoms with van der Waals surface area (Å²) in [4.78, 5) is 15.0. The van der Waals surface area contributed by atoms with Crippen molar-refractivity contribution in [2.24, 2.45) is 14.1 Å². The van der Waals surface area contributed by atoms with Crippen molar-refractivity contribution in [3.63, 3.8) is 0 Å². The lowest BCUT2D eigenvalue weighted by molar-refractivity contribution is -0.0367. The van der Waals surface area contributed by atoms with Gasteiger partial charge in [-0.15, -0.1) is 0 Å². The average Bonchev–Trinajstić information content (AvgIpc) is 3.06. The van der Waals surface area contributed by atoms with E-state index in [9.17, 15) is 4.79 Å². The minimum Gasteiger partial charge on any atom is -0.369 e. The van der Waals surface area contributed by atoms with Gasteiger partial charge in [0.15, 0.2) is 0 Å². The molecule has 2 aromatic heterocycles. The summed E-state index contributed by atoms with van der Waals surface area (Å²) in [6.07, 6.45) is 1.78. The molecular weight excluding hydrogens is 316 g/mol. The molecule has 1 unspecified atom stereocenters. The van der Waals surface area contributed by atoms with E-state index in [1.807, 2.05) is 49.1 Å². The molecule has 130 valence electrons. The van der Waals surface area contributed by atoms with E-state index in [1.54, 1.807) is 10.8 Å². The molecular formula is C19H22N4O2. The lowest BCUT2D eigenvalue weighted by Gasteiger charge is -2.32. The third-order valence-corrected chi connectivity index (χ3v) is 4.94. The Kier molecular flexibility index (Phi) is 4.15. The standard InChI is InChI=1S/C19H22N4O2/c1-21-16-6-4-3-5-14(16)11-15(19(21)24)12-23-9-10-25-18(13-23)17-7-8-20-22(17)2/h3-8,11,18H,9-10,12-13H2,1-2H3. The third-order valence-electron chi connectivity index (χ3n) is 4.94. The lowest BCUT2D eigenvalue weighted by atomic mass is 10.1. The van der Waals surface area contributed by atoms with Crippen molar-refractivity contribution in [1.82, 2.24) is 19.2 Å². The van der Waals surface area contributed by atoms with Gasteiger partial charge in [-0.1, -0.05) is 18.2 Å². The van der Waals surface area contributed by atoms with E-state index in [2.05, 4.69) is 16.1 Å². The molecule has 6 heteroatoms. The van der Waals surface area contributed by atoms with Gasteiger partial charge >= 0.3 is 0 Å². The Morgan fingerprint density at radius 2 is 2.08 bits per heavy atom. The molecule has 0 N–H and O–H groups in total. The molecule has 0 spiro atoms. The molecule has 0 bridgehead atoms. The fourth-order valence-electron chi connectivity index (χ4n) is 3.57. The van der Waals surface area contributed by atoms with Crippen LogP contribution in [0, 0.1) is 0 Å². The molecule has 0 saturated carbocycles. The Bertz CT molecular complexity index is 959. The molecule has 3 aromatic rings. The number of pyridine rings is 1. The van der Waals surface area contributed by atoms with Crippen LogP contribution in [0.3, 0.4) is 0 Å². The van der Waals surface area contributed by atoms with Crippen LogP contribution in [0.15, 0.2) is 47.4 Å². The summed E-state index contributed by atoms with van der Waals surface area (Å²) in [6.45, 7) is 2.87. The van der Waals surface area contributed by atoms with Crippen molar-refractivity contribution >= 4 is 10.9 Å². The van der Waals surface area contributed by atoms with Gasteiger partial charge in [0.2, 0.25) is 0 Å². The highest BCUT2D eigenvalue weighted by Gasteiger charge is 2.24. The van der Waals surface area contributed by atoms with Crippen LogP contribution in [0.1, 0.15) is 17.4 Å². The minimum atomic E-state index is -0.00874. The molecule has 1 aliphatic heterocycles. The molecule has 4 rings (SSSR count). The monoisotopic (exact) mass is 338 g/mol. The Morgan fingerprint density at radius 1 is 1.24 bits per heavy atom. The van der Waals surface area contributed by atoms with Crippen LogP contribution in [-0.2, 0) is 25.4 Å². The number of hydrogen-bond donors (Lipinski definition) is 0. The molecule has 1 aromatic carbocycles. The highest BCUT2D eigenvalue weighted by molar-refractivity contribution is 5.79. The second kappa shape index (κ2) is 6.46. The van der Waals surface area contributed by atoms with Gasteiger partial charge in [-0.05, 0) is 23.6 Å². The molecule has 0 radical (unpaired) electrons. The van der Waals surface area contributed by atoms with Crippen molar-refractivity contribution in [3.05, 3.63) is 64.2 Å². The molecule has 25 heavy (non-hydrogen) atoms. The Balaban J connectivity index is 1.60. The maximum Gasteiger partial charge on any atom is 0.255 e. The first kappa shape index (κ1) is 16.1. The second-order valence-corrected chi connectivity index (χ2v) is 6.57. The van der Waals surface area contributed by atoms with Crippen LogP contribution in [0.25, 0.3) is 10.9 Å². The van der Waals surface area contributed by atoms with Crippen molar-refractivity contribution in [2.45, 2.75) is 12.6 Å². The van der Waals surface area contributed by atoms with Gasteiger partial charge in [-0.3, -0.25) is 14.4 Å². The zero-order chi connectivity index (χ0) is 17.4. The molecule has 0 aliphatic carbocycles. The van der Waals surface area contributed by atoms with E-state index in [0.717, 1.165) is 35.2 Å². The zero-order valence-corrected chi connectivity index (χ0v) is 14.6. The first-order valence-electron chi connectivity index (χ1n) is 8.53. The SMILES string of the molecule is Cn1nccc1C1CN(Cc2cc3ccccc3n(C)c2=O)CCO1. The number of aryl methyl sites for hydroxylation is 2. The highest BCUT2D eigenvalue weighted by atomic mass is 16.5. The topological polar surface area (TPSA) is 52.3 Å². The van der Waals surface area contributed by atoms with Crippen LogP contribution in [-0.4, -0.2) is 38.9 Å². The highest BCUT2D eigenvalue weighted by Crippen LogP contribution is 2.22. The number of ether oxygens (including phenoxy) is 1. The number of aromatic nitrogens is 3. The smallest absolute Gasteiger partial charge is 0.255 e. The van der Waals surface area contributed by atoms with E-state index < -0.39 is 0 Å². The molecule has 1 saturated heterocycles. The van der Waals surface area contributed by atoms with Crippen LogP contribution in [0.5, 0.6) is 0 Å². The van der Waals surface area contributed by atoms with Gasteiger partial charge in [0.25, 0.3) is 5.56 Å². The summed E-state index contributed by atoms with van der Waals surface area (Å²) in [6, 6.07) is 12.0.